The summed E-state index contributed by atoms with van der Waals surface area (Å²) in [5.74, 6) is -4.99. The minimum Gasteiger partial charge on any atom is -0.481 e. The lowest BCUT2D eigenvalue weighted by Gasteiger charge is -2.59. The molecule has 8 heteroatoms. The number of carboxylic acids is 1. The van der Waals surface area contributed by atoms with Crippen LogP contribution in [0.4, 0.5) is 0 Å². The molecule has 8 nitrogen and oxygen atoms in total. The van der Waals surface area contributed by atoms with Gasteiger partial charge < -0.3 is 19.3 Å². The zero-order chi connectivity index (χ0) is 23.0. The Hall–Kier alpha value is -1.22. The molecule has 0 amide bonds. The summed E-state index contributed by atoms with van der Waals surface area (Å²) in [4.78, 5) is 35.3. The second kappa shape index (κ2) is 6.69. The molecule has 4 saturated heterocycles. The van der Waals surface area contributed by atoms with Crippen LogP contribution in [0.5, 0.6) is 0 Å². The maximum Gasteiger partial charge on any atom is 0.308 e. The van der Waals surface area contributed by atoms with Crippen molar-refractivity contribution in [2.45, 2.75) is 83.2 Å². The third kappa shape index (κ3) is 3.06. The highest BCUT2D eigenvalue weighted by atomic mass is 17.3. The highest BCUT2D eigenvalue weighted by molar-refractivity contribution is 5.76. The summed E-state index contributed by atoms with van der Waals surface area (Å²) in [6.07, 6.45) is -6.04. The van der Waals surface area contributed by atoms with E-state index < -0.39 is 54.6 Å². The minimum absolute atomic E-state index is 0.0901. The number of hydrogen-bond acceptors (Lipinski definition) is 7. The third-order valence-corrected chi connectivity index (χ3v) is 6.59. The van der Waals surface area contributed by atoms with Crippen molar-refractivity contribution in [2.75, 3.05) is 0 Å². The lowest BCUT2D eigenvalue weighted by atomic mass is 9.58. The normalized spacial score (nSPS) is 51.7. The van der Waals surface area contributed by atoms with Crippen LogP contribution in [-0.4, -0.2) is 41.0 Å². The number of ether oxygens (including phenoxy) is 3. The molecule has 2 bridgehead atoms. The fourth-order valence-electron chi connectivity index (χ4n) is 5.25. The molecule has 1 aliphatic carbocycles. The van der Waals surface area contributed by atoms with E-state index in [9.17, 15) is 9.59 Å². The van der Waals surface area contributed by atoms with Crippen molar-refractivity contribution in [3.63, 3.8) is 0 Å². The summed E-state index contributed by atoms with van der Waals surface area (Å²) in [6.45, 7) is 5.67. The molecular formula is C19H28O8. The number of fused-ring (bicyclic) bond motifs is 2. The summed E-state index contributed by atoms with van der Waals surface area (Å²) in [6, 6.07) is 0. The van der Waals surface area contributed by atoms with Crippen LogP contribution >= 0.6 is 0 Å². The zero-order valence-corrected chi connectivity index (χ0v) is 15.6. The molecule has 1 N–H and O–H groups in total. The number of hydrogen-bond donors (Lipinski definition) is 1. The Morgan fingerprint density at radius 2 is 1.96 bits per heavy atom. The van der Waals surface area contributed by atoms with E-state index in [1.807, 2.05) is 0 Å². The van der Waals surface area contributed by atoms with E-state index in [-0.39, 0.29) is 11.8 Å². The Labute approximate surface area is 164 Å². The quantitative estimate of drug-likeness (QED) is 0.579. The zero-order valence-electron chi connectivity index (χ0n) is 19.6. The van der Waals surface area contributed by atoms with Gasteiger partial charge in [-0.1, -0.05) is 13.8 Å². The second-order valence-electron chi connectivity index (χ2n) is 8.23. The number of esters is 1. The molecule has 0 aromatic carbocycles. The van der Waals surface area contributed by atoms with Gasteiger partial charge in [-0.2, -0.15) is 0 Å². The van der Waals surface area contributed by atoms with Crippen molar-refractivity contribution in [3.8, 4) is 0 Å². The highest BCUT2D eigenvalue weighted by Crippen LogP contribution is 2.60. The van der Waals surface area contributed by atoms with E-state index in [1.54, 1.807) is 13.8 Å². The Bertz CT molecular complexity index is 778. The average molecular weight is 388 g/mol. The molecule has 0 unspecified atom stereocenters. The molecule has 4 heterocycles. The van der Waals surface area contributed by atoms with Crippen LogP contribution < -0.4 is 0 Å². The van der Waals surface area contributed by atoms with E-state index in [1.165, 1.54) is 0 Å². The average Bonchev–Trinajstić information content (AvgIpc) is 2.91. The first kappa shape index (κ1) is 14.7. The molecular weight excluding hydrogens is 356 g/mol. The molecule has 5 fully saturated rings. The van der Waals surface area contributed by atoms with E-state index in [4.69, 9.17) is 34.6 Å². The molecule has 0 aromatic rings. The molecule has 1 saturated carbocycles. The minimum atomic E-state index is -3.48. The molecule has 0 aromatic heterocycles. The smallest absolute Gasteiger partial charge is 0.308 e. The lowest BCUT2D eigenvalue weighted by Crippen LogP contribution is -2.70. The van der Waals surface area contributed by atoms with Gasteiger partial charge >= 0.3 is 11.9 Å². The van der Waals surface area contributed by atoms with Gasteiger partial charge in [-0.15, -0.1) is 0 Å². The summed E-state index contributed by atoms with van der Waals surface area (Å²) in [5, 5.41) is 9.01. The monoisotopic (exact) mass is 388 g/mol. The van der Waals surface area contributed by atoms with E-state index in [2.05, 4.69) is 6.92 Å². The largest absolute Gasteiger partial charge is 0.481 e. The van der Waals surface area contributed by atoms with Gasteiger partial charge in [0.25, 0.3) is 0 Å². The molecule has 152 valence electrons. The van der Waals surface area contributed by atoms with Crippen molar-refractivity contribution in [1.82, 2.24) is 0 Å². The maximum absolute atomic E-state index is 12.5. The van der Waals surface area contributed by atoms with Crippen LogP contribution in [0.3, 0.4) is 0 Å². The predicted molar refractivity (Wildman–Crippen MR) is 89.8 cm³/mol. The SMILES string of the molecule is [2H]C([2H])(C(=O)O)C([2H])([2H])C(=O)O[C@@H]1O[C@H]2O[C@@]3(C)CC[C@H]4[C@H](C)CC[C@@H]([C@H]1C)[C@@]24OO3. The van der Waals surface area contributed by atoms with Crippen LogP contribution in [0.15, 0.2) is 0 Å². The van der Waals surface area contributed by atoms with Crippen molar-refractivity contribution in [2.24, 2.45) is 23.7 Å². The van der Waals surface area contributed by atoms with Gasteiger partial charge in [0.15, 0.2) is 11.9 Å². The van der Waals surface area contributed by atoms with Gasteiger partial charge in [0, 0.05) is 23.7 Å². The fraction of sp³-hybridized carbons (Fsp3) is 0.895. The summed E-state index contributed by atoms with van der Waals surface area (Å²) in [5.41, 5.74) is -0.898. The van der Waals surface area contributed by atoms with Gasteiger partial charge in [-0.3, -0.25) is 9.59 Å². The van der Waals surface area contributed by atoms with E-state index in [0.717, 1.165) is 19.3 Å². The van der Waals surface area contributed by atoms with Crippen LogP contribution in [0.1, 0.15) is 64.7 Å². The Morgan fingerprint density at radius 3 is 2.70 bits per heavy atom. The van der Waals surface area contributed by atoms with Crippen LogP contribution in [0.2, 0.25) is 0 Å². The van der Waals surface area contributed by atoms with E-state index in [0.29, 0.717) is 12.3 Å². The number of rotatable bonds is 4. The summed E-state index contributed by atoms with van der Waals surface area (Å²) in [7, 11) is 0. The molecule has 1 spiro atoms. The van der Waals surface area contributed by atoms with Gasteiger partial charge in [0.1, 0.15) is 0 Å². The van der Waals surface area contributed by atoms with Gasteiger partial charge in [-0.25, -0.2) is 9.78 Å². The molecule has 5 rings (SSSR count). The molecule has 0 radical (unpaired) electrons. The van der Waals surface area contributed by atoms with Crippen LogP contribution in [0.25, 0.3) is 0 Å². The first-order chi connectivity index (χ1) is 14.3. The lowest BCUT2D eigenvalue weighted by molar-refractivity contribution is -0.576. The maximum atomic E-state index is 12.5. The van der Waals surface area contributed by atoms with Crippen molar-refractivity contribution in [1.29, 1.82) is 0 Å². The Kier molecular flexibility index (Phi) is 3.65. The summed E-state index contributed by atoms with van der Waals surface area (Å²) < 4.78 is 47.8. The topological polar surface area (TPSA) is 101 Å². The van der Waals surface area contributed by atoms with Crippen molar-refractivity contribution in [3.05, 3.63) is 0 Å². The molecule has 8 atom stereocenters. The third-order valence-electron chi connectivity index (χ3n) is 6.59. The van der Waals surface area contributed by atoms with Crippen molar-refractivity contribution >= 4 is 11.9 Å². The van der Waals surface area contributed by atoms with Crippen LogP contribution in [0, 0.1) is 23.7 Å². The van der Waals surface area contributed by atoms with Gasteiger partial charge in [0.05, 0.1) is 12.7 Å². The Balaban J connectivity index is 1.63. The van der Waals surface area contributed by atoms with Crippen LogP contribution in [-0.2, 0) is 33.6 Å². The number of aliphatic carboxylic acids is 1. The number of carboxylic acid groups (broad SMARTS) is 1. The second-order valence-corrected chi connectivity index (χ2v) is 8.23. The number of carbonyl (C=O) groups is 2. The summed E-state index contributed by atoms with van der Waals surface area (Å²) >= 11 is 0. The standard InChI is InChI=1S/C19H28O8/c1-10-4-5-13-11(2)16(23-15(22)7-6-14(20)21)24-17-19(13)12(10)8-9-18(3,25-17)26-27-19/h10-13,16-17H,4-9H2,1-3H3,(H,20,21)/t10-,11-,12+,13+,16-,17+,18-,19-/m1/s1/i6D2,7D2. The van der Waals surface area contributed by atoms with Gasteiger partial charge in [-0.05, 0) is 38.0 Å². The number of carbonyl (C=O) groups excluding carboxylic acids is 1. The highest BCUT2D eigenvalue weighted by Gasteiger charge is 2.69. The first-order valence-corrected chi connectivity index (χ1v) is 9.41. The fourth-order valence-corrected chi connectivity index (χ4v) is 5.25. The van der Waals surface area contributed by atoms with E-state index >= 15 is 0 Å². The molecule has 5 aliphatic rings. The van der Waals surface area contributed by atoms with Gasteiger partial charge in [0.2, 0.25) is 12.1 Å². The van der Waals surface area contributed by atoms with Crippen molar-refractivity contribution < 1.29 is 44.2 Å². The predicted octanol–water partition coefficient (Wildman–Crippen LogP) is 2.60. The molecule has 4 aliphatic heterocycles. The first-order valence-electron chi connectivity index (χ1n) is 11.4. The Morgan fingerprint density at radius 1 is 1.19 bits per heavy atom. The molecule has 27 heavy (non-hydrogen) atoms.